The van der Waals surface area contributed by atoms with Gasteiger partial charge in [0.25, 0.3) is 11.8 Å². The summed E-state index contributed by atoms with van der Waals surface area (Å²) >= 11 is 0. The van der Waals surface area contributed by atoms with Gasteiger partial charge in [-0.05, 0) is 61.4 Å². The van der Waals surface area contributed by atoms with Gasteiger partial charge in [-0.1, -0.05) is 42.5 Å². The van der Waals surface area contributed by atoms with Crippen molar-refractivity contribution in [1.29, 1.82) is 0 Å². The van der Waals surface area contributed by atoms with E-state index in [0.717, 1.165) is 55.7 Å². The molecule has 4 N–H and O–H groups in total. The molecule has 10 heteroatoms. The van der Waals surface area contributed by atoms with Crippen LogP contribution in [-0.2, 0) is 0 Å². The van der Waals surface area contributed by atoms with E-state index in [1.165, 1.54) is 0 Å². The van der Waals surface area contributed by atoms with Crippen LogP contribution < -0.4 is 11.5 Å². The number of amides is 4. The Morgan fingerprint density at radius 2 is 1.00 bits per heavy atom. The molecule has 0 bridgehead atoms. The summed E-state index contributed by atoms with van der Waals surface area (Å²) in [7, 11) is 0. The minimum Gasteiger partial charge on any atom is -0.366 e. The average molecular weight is 617 g/mol. The van der Waals surface area contributed by atoms with Gasteiger partial charge in [-0.15, -0.1) is 0 Å². The van der Waals surface area contributed by atoms with E-state index >= 15 is 0 Å². The fourth-order valence-electron chi connectivity index (χ4n) is 6.23. The third-order valence-electron chi connectivity index (χ3n) is 8.89. The Balaban J connectivity index is 1.16. The molecule has 6 rings (SSSR count). The van der Waals surface area contributed by atoms with Crippen molar-refractivity contribution in [3.05, 3.63) is 113 Å². The number of piperidine rings is 1. The molecule has 3 heterocycles. The zero-order valence-electron chi connectivity index (χ0n) is 25.5. The second-order valence-electron chi connectivity index (χ2n) is 11.7. The Hall–Kier alpha value is -5.35. The molecule has 46 heavy (non-hydrogen) atoms. The molecular weight excluding hydrogens is 580 g/mol. The number of nitrogens with zero attached hydrogens (tertiary/aromatic N) is 4. The fraction of sp³-hybridized carbons (Fsp3) is 0.250. The first-order valence-electron chi connectivity index (χ1n) is 15.5. The van der Waals surface area contributed by atoms with Crippen molar-refractivity contribution in [2.75, 3.05) is 39.3 Å². The molecule has 2 saturated heterocycles. The van der Waals surface area contributed by atoms with Crippen LogP contribution in [0.4, 0.5) is 0 Å². The first-order valence-corrected chi connectivity index (χ1v) is 15.5. The largest absolute Gasteiger partial charge is 0.366 e. The summed E-state index contributed by atoms with van der Waals surface area (Å²) in [6.07, 6.45) is 1.82. The number of carbonyl (C=O) groups is 4. The molecule has 234 valence electrons. The number of primary amides is 2. The Labute approximate surface area is 267 Å². The quantitative estimate of drug-likeness (QED) is 0.324. The molecule has 2 aliphatic heterocycles. The third kappa shape index (κ3) is 6.67. The monoisotopic (exact) mass is 616 g/mol. The molecule has 0 saturated carbocycles. The molecule has 4 aromatic rings. The van der Waals surface area contributed by atoms with Crippen LogP contribution in [0.1, 0.15) is 54.3 Å². The molecule has 2 fully saturated rings. The number of likely N-dealkylation sites (tertiary alicyclic amines) is 1. The van der Waals surface area contributed by atoms with Gasteiger partial charge in [0, 0.05) is 78.7 Å². The summed E-state index contributed by atoms with van der Waals surface area (Å²) < 4.78 is 0. The summed E-state index contributed by atoms with van der Waals surface area (Å²) in [4.78, 5) is 61.1. The van der Waals surface area contributed by atoms with Crippen molar-refractivity contribution in [2.24, 2.45) is 11.5 Å². The van der Waals surface area contributed by atoms with Crippen LogP contribution in [0.5, 0.6) is 0 Å². The number of pyridine rings is 1. The lowest BCUT2D eigenvalue weighted by Crippen LogP contribution is -2.54. The van der Waals surface area contributed by atoms with Crippen molar-refractivity contribution < 1.29 is 19.2 Å². The van der Waals surface area contributed by atoms with E-state index in [9.17, 15) is 19.2 Å². The van der Waals surface area contributed by atoms with Crippen LogP contribution in [0.2, 0.25) is 0 Å². The van der Waals surface area contributed by atoms with Gasteiger partial charge in [0.2, 0.25) is 11.8 Å². The normalized spacial score (nSPS) is 15.8. The summed E-state index contributed by atoms with van der Waals surface area (Å²) in [5, 5.41) is 0. The Morgan fingerprint density at radius 1 is 0.543 bits per heavy atom. The number of hydrogen-bond acceptors (Lipinski definition) is 6. The maximum Gasteiger partial charge on any atom is 0.254 e. The van der Waals surface area contributed by atoms with Crippen LogP contribution in [0.25, 0.3) is 22.5 Å². The highest BCUT2D eigenvalue weighted by molar-refractivity contribution is 5.97. The van der Waals surface area contributed by atoms with Gasteiger partial charge in [-0.2, -0.15) is 0 Å². The van der Waals surface area contributed by atoms with Gasteiger partial charge in [-0.3, -0.25) is 24.1 Å². The van der Waals surface area contributed by atoms with E-state index in [-0.39, 0.29) is 11.8 Å². The second-order valence-corrected chi connectivity index (χ2v) is 11.7. The van der Waals surface area contributed by atoms with E-state index in [0.29, 0.717) is 47.2 Å². The summed E-state index contributed by atoms with van der Waals surface area (Å²) in [5.41, 5.74) is 15.4. The van der Waals surface area contributed by atoms with Gasteiger partial charge in [-0.25, -0.2) is 4.98 Å². The molecule has 0 unspecified atom stereocenters. The van der Waals surface area contributed by atoms with Crippen LogP contribution in [0, 0.1) is 0 Å². The Kier molecular flexibility index (Phi) is 8.89. The van der Waals surface area contributed by atoms with Gasteiger partial charge < -0.3 is 21.3 Å². The number of nitrogens with two attached hydrogens (primary N) is 2. The first-order chi connectivity index (χ1) is 22.3. The van der Waals surface area contributed by atoms with Crippen LogP contribution in [0.15, 0.2) is 91.0 Å². The zero-order valence-corrected chi connectivity index (χ0v) is 25.5. The molecule has 0 aliphatic carbocycles. The maximum atomic E-state index is 13.9. The molecule has 0 spiro atoms. The third-order valence-corrected chi connectivity index (χ3v) is 8.89. The van der Waals surface area contributed by atoms with Crippen molar-refractivity contribution in [3.8, 4) is 22.5 Å². The number of hydrogen-bond donors (Lipinski definition) is 2. The van der Waals surface area contributed by atoms with Gasteiger partial charge in [0.15, 0.2) is 0 Å². The van der Waals surface area contributed by atoms with E-state index in [4.69, 9.17) is 16.5 Å². The van der Waals surface area contributed by atoms with E-state index in [2.05, 4.69) is 4.90 Å². The van der Waals surface area contributed by atoms with Crippen LogP contribution in [-0.4, -0.2) is 88.6 Å². The fourth-order valence-corrected chi connectivity index (χ4v) is 6.23. The highest BCUT2D eigenvalue weighted by atomic mass is 16.2. The van der Waals surface area contributed by atoms with Crippen molar-refractivity contribution in [2.45, 2.75) is 18.9 Å². The van der Waals surface area contributed by atoms with Gasteiger partial charge in [0.05, 0.1) is 11.4 Å². The van der Waals surface area contributed by atoms with Crippen LogP contribution >= 0.6 is 0 Å². The SMILES string of the molecule is NC(=O)c1ccc(-c2cc(C(=O)N3CCN(C4CCN(C(=O)c5ccccc5)CC4)CC3)cc(-c3ccc(C(N)=O)cc3)n2)cc1. The topological polar surface area (TPSA) is 143 Å². The van der Waals surface area contributed by atoms with Gasteiger partial charge >= 0.3 is 0 Å². The molecule has 10 nitrogen and oxygen atoms in total. The molecule has 0 radical (unpaired) electrons. The van der Waals surface area contributed by atoms with Gasteiger partial charge in [0.1, 0.15) is 0 Å². The lowest BCUT2D eigenvalue weighted by atomic mass is 10.0. The van der Waals surface area contributed by atoms with E-state index in [1.807, 2.05) is 40.1 Å². The number of aromatic nitrogens is 1. The second kappa shape index (κ2) is 13.3. The molecule has 4 amide bonds. The lowest BCUT2D eigenvalue weighted by Gasteiger charge is -2.42. The lowest BCUT2D eigenvalue weighted by molar-refractivity contribution is 0.0412. The minimum atomic E-state index is -0.524. The number of benzene rings is 3. The van der Waals surface area contributed by atoms with Crippen LogP contribution in [0.3, 0.4) is 0 Å². The number of rotatable bonds is 7. The van der Waals surface area contributed by atoms with E-state index < -0.39 is 11.8 Å². The zero-order chi connectivity index (χ0) is 32.2. The summed E-state index contributed by atoms with van der Waals surface area (Å²) in [6, 6.07) is 26.9. The Bertz CT molecular complexity index is 1670. The number of carbonyl (C=O) groups excluding carboxylic acids is 4. The number of piperazine rings is 1. The van der Waals surface area contributed by atoms with Crippen molar-refractivity contribution >= 4 is 23.6 Å². The van der Waals surface area contributed by atoms with Crippen molar-refractivity contribution in [3.63, 3.8) is 0 Å². The predicted molar refractivity (Wildman–Crippen MR) is 175 cm³/mol. The average Bonchev–Trinajstić information content (AvgIpc) is 3.11. The highest BCUT2D eigenvalue weighted by Gasteiger charge is 2.31. The molecule has 1 aromatic heterocycles. The molecule has 0 atom stereocenters. The highest BCUT2D eigenvalue weighted by Crippen LogP contribution is 2.27. The smallest absolute Gasteiger partial charge is 0.254 e. The molecular formula is C36H36N6O4. The van der Waals surface area contributed by atoms with E-state index in [1.54, 1.807) is 60.7 Å². The summed E-state index contributed by atoms with van der Waals surface area (Å²) in [5.74, 6) is -1.05. The molecule has 3 aromatic carbocycles. The minimum absolute atomic E-state index is 0.0816. The maximum absolute atomic E-state index is 13.9. The van der Waals surface area contributed by atoms with Crippen molar-refractivity contribution in [1.82, 2.24) is 19.7 Å². The summed E-state index contributed by atoms with van der Waals surface area (Å²) in [6.45, 7) is 4.15. The standard InChI is InChI=1S/C36H36N6O4/c37-33(43)26-10-6-24(7-11-26)31-22-29(23-32(39-31)25-8-12-27(13-9-25)34(38)44)36(46)42-20-18-40(19-21-42)30-14-16-41(17-15-30)35(45)28-4-2-1-3-5-28/h1-13,22-23,30H,14-21H2,(H2,37,43)(H2,38,44). The molecule has 2 aliphatic rings. The first kappa shape index (κ1) is 30.7. The predicted octanol–water partition coefficient (Wildman–Crippen LogP) is 3.68. The Morgan fingerprint density at radius 3 is 1.48 bits per heavy atom.